The van der Waals surface area contributed by atoms with Crippen molar-refractivity contribution in [3.8, 4) is 0 Å². The predicted octanol–water partition coefficient (Wildman–Crippen LogP) is 1.92. The van der Waals surface area contributed by atoms with Gasteiger partial charge in [0.05, 0.1) is 6.42 Å². The lowest BCUT2D eigenvalue weighted by molar-refractivity contribution is -0.138. The molecular weight excluding hydrogens is 260 g/mol. The van der Waals surface area contributed by atoms with Crippen LogP contribution in [0.2, 0.25) is 0 Å². The Morgan fingerprint density at radius 2 is 1.85 bits per heavy atom. The molecule has 0 bridgehead atoms. The summed E-state index contributed by atoms with van der Waals surface area (Å²) in [5.41, 5.74) is 1.64. The number of benzene rings is 1. The van der Waals surface area contributed by atoms with Crippen molar-refractivity contribution in [2.45, 2.75) is 26.7 Å². The van der Waals surface area contributed by atoms with E-state index in [9.17, 15) is 14.4 Å². The van der Waals surface area contributed by atoms with E-state index in [4.69, 9.17) is 5.11 Å². The SMILES string of the molecule is CCN(C(=O)NC(=O)CCC(=O)O)c1ccccc1C. The third kappa shape index (κ3) is 4.38. The molecule has 0 saturated heterocycles. The van der Waals surface area contributed by atoms with Gasteiger partial charge in [-0.25, -0.2) is 4.79 Å². The molecule has 6 heteroatoms. The van der Waals surface area contributed by atoms with E-state index in [0.717, 1.165) is 11.3 Å². The number of amides is 3. The van der Waals surface area contributed by atoms with Gasteiger partial charge < -0.3 is 5.11 Å². The van der Waals surface area contributed by atoms with Crippen molar-refractivity contribution in [2.75, 3.05) is 11.4 Å². The van der Waals surface area contributed by atoms with E-state index in [0.29, 0.717) is 6.54 Å². The van der Waals surface area contributed by atoms with Crippen molar-refractivity contribution in [3.63, 3.8) is 0 Å². The van der Waals surface area contributed by atoms with Crippen LogP contribution in [0.15, 0.2) is 24.3 Å². The van der Waals surface area contributed by atoms with Crippen LogP contribution >= 0.6 is 0 Å². The minimum Gasteiger partial charge on any atom is -0.481 e. The standard InChI is InChI=1S/C14H18N2O4/c1-3-16(11-7-5-4-6-10(11)2)14(20)15-12(17)8-9-13(18)19/h4-7H,3,8-9H2,1-2H3,(H,18,19)(H,15,17,20). The minimum absolute atomic E-state index is 0.216. The number of carboxylic acids is 1. The molecule has 0 saturated carbocycles. The van der Waals surface area contributed by atoms with Crippen LogP contribution in [0.5, 0.6) is 0 Å². The van der Waals surface area contributed by atoms with Gasteiger partial charge in [-0.05, 0) is 25.5 Å². The highest BCUT2D eigenvalue weighted by Gasteiger charge is 2.18. The number of aryl methyl sites for hydroxylation is 1. The fraction of sp³-hybridized carbons (Fsp3) is 0.357. The number of nitrogens with zero attached hydrogens (tertiary/aromatic N) is 1. The molecule has 0 fully saturated rings. The molecule has 2 N–H and O–H groups in total. The summed E-state index contributed by atoms with van der Waals surface area (Å²) in [6.45, 7) is 4.08. The third-order valence-electron chi connectivity index (χ3n) is 2.78. The van der Waals surface area contributed by atoms with Gasteiger partial charge >= 0.3 is 12.0 Å². The monoisotopic (exact) mass is 278 g/mol. The zero-order valence-corrected chi connectivity index (χ0v) is 11.5. The number of urea groups is 1. The molecular formula is C14H18N2O4. The number of aliphatic carboxylic acids is 1. The summed E-state index contributed by atoms with van der Waals surface area (Å²) in [7, 11) is 0. The van der Waals surface area contributed by atoms with Crippen molar-refractivity contribution in [1.82, 2.24) is 5.32 Å². The fourth-order valence-electron chi connectivity index (χ4n) is 1.76. The lowest BCUT2D eigenvalue weighted by Gasteiger charge is -2.22. The van der Waals surface area contributed by atoms with Crippen LogP contribution in [0.3, 0.4) is 0 Å². The molecule has 20 heavy (non-hydrogen) atoms. The van der Waals surface area contributed by atoms with Crippen molar-refractivity contribution < 1.29 is 19.5 Å². The number of hydrogen-bond donors (Lipinski definition) is 2. The molecule has 0 radical (unpaired) electrons. The lowest BCUT2D eigenvalue weighted by atomic mass is 10.2. The third-order valence-corrected chi connectivity index (χ3v) is 2.78. The molecule has 6 nitrogen and oxygen atoms in total. The number of para-hydroxylation sites is 1. The van der Waals surface area contributed by atoms with E-state index in [1.807, 2.05) is 25.1 Å². The Balaban J connectivity index is 2.71. The summed E-state index contributed by atoms with van der Waals surface area (Å²) in [6.07, 6.45) is -0.512. The van der Waals surface area contributed by atoms with Crippen LogP contribution in [-0.2, 0) is 9.59 Å². The van der Waals surface area contributed by atoms with Gasteiger partial charge in [-0.2, -0.15) is 0 Å². The van der Waals surface area contributed by atoms with Gasteiger partial charge in [-0.3, -0.25) is 19.8 Å². The summed E-state index contributed by atoms with van der Waals surface area (Å²) in [4.78, 5) is 35.3. The molecule has 1 aromatic carbocycles. The Bertz CT molecular complexity index is 514. The first-order valence-electron chi connectivity index (χ1n) is 6.34. The van der Waals surface area contributed by atoms with Crippen molar-refractivity contribution >= 4 is 23.6 Å². The number of carboxylic acid groups (broad SMARTS) is 1. The highest BCUT2D eigenvalue weighted by Crippen LogP contribution is 2.19. The molecule has 3 amide bonds. The van der Waals surface area contributed by atoms with Gasteiger partial charge in [0.25, 0.3) is 0 Å². The van der Waals surface area contributed by atoms with Crippen molar-refractivity contribution in [2.24, 2.45) is 0 Å². The van der Waals surface area contributed by atoms with Gasteiger partial charge in [0.15, 0.2) is 0 Å². The largest absolute Gasteiger partial charge is 0.481 e. The van der Waals surface area contributed by atoms with Crippen LogP contribution in [-0.4, -0.2) is 29.6 Å². The smallest absolute Gasteiger partial charge is 0.328 e. The van der Waals surface area contributed by atoms with E-state index in [2.05, 4.69) is 5.32 Å². The Morgan fingerprint density at radius 1 is 1.20 bits per heavy atom. The predicted molar refractivity (Wildman–Crippen MR) is 74.6 cm³/mol. The zero-order valence-electron chi connectivity index (χ0n) is 11.5. The number of anilines is 1. The molecule has 1 rings (SSSR count). The highest BCUT2D eigenvalue weighted by atomic mass is 16.4. The number of carbonyl (C=O) groups excluding carboxylic acids is 2. The van der Waals surface area contributed by atoms with E-state index in [1.54, 1.807) is 13.0 Å². The maximum absolute atomic E-state index is 12.0. The summed E-state index contributed by atoms with van der Waals surface area (Å²) in [6, 6.07) is 6.79. The molecule has 0 heterocycles. The second-order valence-electron chi connectivity index (χ2n) is 4.28. The summed E-state index contributed by atoms with van der Waals surface area (Å²) < 4.78 is 0. The Labute approximate surface area is 117 Å². The Kier molecular flexibility index (Phi) is 5.71. The van der Waals surface area contributed by atoms with Gasteiger partial charge in [0.1, 0.15) is 0 Å². The topological polar surface area (TPSA) is 86.7 Å². The molecule has 0 spiro atoms. The molecule has 0 atom stereocenters. The van der Waals surface area contributed by atoms with Crippen LogP contribution in [0.1, 0.15) is 25.3 Å². The molecule has 0 aromatic heterocycles. The molecule has 0 unspecified atom stereocenters. The number of nitrogens with one attached hydrogen (secondary N) is 1. The maximum Gasteiger partial charge on any atom is 0.328 e. The second-order valence-corrected chi connectivity index (χ2v) is 4.28. The first-order valence-corrected chi connectivity index (χ1v) is 6.34. The quantitative estimate of drug-likeness (QED) is 0.861. The summed E-state index contributed by atoms with van der Waals surface area (Å²) >= 11 is 0. The van der Waals surface area contributed by atoms with Gasteiger partial charge in [0.2, 0.25) is 5.91 Å². The molecule has 1 aromatic rings. The van der Waals surface area contributed by atoms with Crippen LogP contribution in [0.4, 0.5) is 10.5 Å². The van der Waals surface area contributed by atoms with Crippen LogP contribution in [0.25, 0.3) is 0 Å². The van der Waals surface area contributed by atoms with E-state index in [1.165, 1.54) is 4.90 Å². The zero-order chi connectivity index (χ0) is 15.1. The number of rotatable bonds is 5. The number of carbonyl (C=O) groups is 3. The molecule has 0 aliphatic heterocycles. The average molecular weight is 278 g/mol. The summed E-state index contributed by atoms with van der Waals surface area (Å²) in [5, 5.41) is 10.7. The first-order chi connectivity index (χ1) is 9.45. The number of hydrogen-bond acceptors (Lipinski definition) is 3. The minimum atomic E-state index is -1.07. The molecule has 108 valence electrons. The Hall–Kier alpha value is -2.37. The van der Waals surface area contributed by atoms with Crippen molar-refractivity contribution in [3.05, 3.63) is 29.8 Å². The fourth-order valence-corrected chi connectivity index (χ4v) is 1.76. The molecule has 0 aliphatic rings. The average Bonchev–Trinajstić information content (AvgIpc) is 2.39. The Morgan fingerprint density at radius 3 is 2.40 bits per heavy atom. The van der Waals surface area contributed by atoms with E-state index < -0.39 is 17.9 Å². The highest BCUT2D eigenvalue weighted by molar-refractivity contribution is 6.03. The summed E-state index contributed by atoms with van der Waals surface area (Å²) in [5.74, 6) is -1.66. The maximum atomic E-state index is 12.0. The first kappa shape index (κ1) is 15.7. The van der Waals surface area contributed by atoms with Gasteiger partial charge in [-0.15, -0.1) is 0 Å². The van der Waals surface area contributed by atoms with Gasteiger partial charge in [-0.1, -0.05) is 18.2 Å². The van der Waals surface area contributed by atoms with Gasteiger partial charge in [0, 0.05) is 18.7 Å². The normalized spacial score (nSPS) is 9.90. The second kappa shape index (κ2) is 7.28. The lowest BCUT2D eigenvalue weighted by Crippen LogP contribution is -2.43. The van der Waals surface area contributed by atoms with Crippen molar-refractivity contribution in [1.29, 1.82) is 0 Å². The molecule has 0 aliphatic carbocycles. The number of imide groups is 1. The van der Waals surface area contributed by atoms with Crippen LogP contribution in [0, 0.1) is 6.92 Å². The van der Waals surface area contributed by atoms with Crippen LogP contribution < -0.4 is 10.2 Å². The van der Waals surface area contributed by atoms with E-state index in [-0.39, 0.29) is 12.8 Å². The van der Waals surface area contributed by atoms with E-state index >= 15 is 0 Å².